The standard InChI is InChI=1S/C19H35N5O2/c1-4-16(5-2)18-14-17(26-23-18)15-22-19(20-6-3)21-8-7-9-24-10-12-25-13-11-24/h14,16H,4-13,15H2,1-3H3,(H2,20,21,22). The van der Waals surface area contributed by atoms with Gasteiger partial charge in [-0.15, -0.1) is 0 Å². The molecule has 148 valence electrons. The van der Waals surface area contributed by atoms with Gasteiger partial charge in [-0.25, -0.2) is 4.99 Å². The van der Waals surface area contributed by atoms with Gasteiger partial charge in [0.15, 0.2) is 11.7 Å². The van der Waals surface area contributed by atoms with Crippen molar-refractivity contribution in [2.75, 3.05) is 45.9 Å². The van der Waals surface area contributed by atoms with Crippen LogP contribution in [0.2, 0.25) is 0 Å². The van der Waals surface area contributed by atoms with Crippen molar-refractivity contribution < 1.29 is 9.26 Å². The lowest BCUT2D eigenvalue weighted by Crippen LogP contribution is -2.40. The first-order valence-electron chi connectivity index (χ1n) is 10.0. The molecule has 0 atom stereocenters. The fraction of sp³-hybridized carbons (Fsp3) is 0.789. The van der Waals surface area contributed by atoms with Gasteiger partial charge in [-0.3, -0.25) is 4.90 Å². The first-order valence-corrected chi connectivity index (χ1v) is 10.0. The Bertz CT molecular complexity index is 522. The summed E-state index contributed by atoms with van der Waals surface area (Å²) < 4.78 is 10.8. The third-order valence-electron chi connectivity index (χ3n) is 4.77. The Hall–Kier alpha value is -1.60. The molecule has 2 rings (SSSR count). The van der Waals surface area contributed by atoms with Crippen molar-refractivity contribution in [3.8, 4) is 0 Å². The topological polar surface area (TPSA) is 74.9 Å². The summed E-state index contributed by atoms with van der Waals surface area (Å²) in [4.78, 5) is 7.07. The molecular formula is C19H35N5O2. The van der Waals surface area contributed by atoms with Gasteiger partial charge in [0.05, 0.1) is 18.9 Å². The van der Waals surface area contributed by atoms with Crippen LogP contribution in [0.1, 0.15) is 57.4 Å². The molecule has 1 fully saturated rings. The summed E-state index contributed by atoms with van der Waals surface area (Å²) in [5, 5.41) is 10.9. The summed E-state index contributed by atoms with van der Waals surface area (Å²) in [7, 11) is 0. The number of hydrogen-bond donors (Lipinski definition) is 2. The van der Waals surface area contributed by atoms with E-state index in [1.54, 1.807) is 0 Å². The van der Waals surface area contributed by atoms with Crippen LogP contribution in [0.4, 0.5) is 0 Å². The molecule has 0 saturated carbocycles. The fourth-order valence-electron chi connectivity index (χ4n) is 3.14. The van der Waals surface area contributed by atoms with Crippen LogP contribution in [0, 0.1) is 0 Å². The zero-order chi connectivity index (χ0) is 18.6. The number of morpholine rings is 1. The van der Waals surface area contributed by atoms with Gasteiger partial charge >= 0.3 is 0 Å². The highest BCUT2D eigenvalue weighted by atomic mass is 16.5. The molecule has 0 unspecified atom stereocenters. The minimum Gasteiger partial charge on any atom is -0.379 e. The molecule has 0 bridgehead atoms. The average molecular weight is 366 g/mol. The SMILES string of the molecule is CCNC(=NCc1cc(C(CC)CC)no1)NCCCN1CCOCC1. The van der Waals surface area contributed by atoms with Crippen LogP contribution < -0.4 is 10.6 Å². The molecule has 7 heteroatoms. The van der Waals surface area contributed by atoms with Crippen molar-refractivity contribution in [2.24, 2.45) is 4.99 Å². The van der Waals surface area contributed by atoms with E-state index in [2.05, 4.69) is 46.5 Å². The first-order chi connectivity index (χ1) is 12.8. The predicted molar refractivity (Wildman–Crippen MR) is 105 cm³/mol. The Morgan fingerprint density at radius 1 is 1.23 bits per heavy atom. The number of aliphatic imine (C=N–C) groups is 1. The summed E-state index contributed by atoms with van der Waals surface area (Å²) in [5.74, 6) is 2.12. The zero-order valence-electron chi connectivity index (χ0n) is 16.6. The van der Waals surface area contributed by atoms with Crippen molar-refractivity contribution >= 4 is 5.96 Å². The molecule has 0 aromatic carbocycles. The normalized spacial score (nSPS) is 16.2. The largest absolute Gasteiger partial charge is 0.379 e. The van der Waals surface area contributed by atoms with Gasteiger partial charge in [-0.05, 0) is 32.7 Å². The minimum atomic E-state index is 0.475. The molecule has 1 aliphatic rings. The summed E-state index contributed by atoms with van der Waals surface area (Å²) in [6, 6.07) is 2.04. The van der Waals surface area contributed by atoms with Gasteiger partial charge in [0.25, 0.3) is 0 Å². The highest BCUT2D eigenvalue weighted by Crippen LogP contribution is 2.22. The number of guanidine groups is 1. The van der Waals surface area contributed by atoms with Gasteiger partial charge < -0.3 is 19.9 Å². The van der Waals surface area contributed by atoms with Crippen molar-refractivity contribution in [3.63, 3.8) is 0 Å². The quantitative estimate of drug-likeness (QED) is 0.377. The van der Waals surface area contributed by atoms with E-state index < -0.39 is 0 Å². The summed E-state index contributed by atoms with van der Waals surface area (Å²) in [6.45, 7) is 13.6. The minimum absolute atomic E-state index is 0.475. The first kappa shape index (κ1) is 20.7. The second kappa shape index (κ2) is 11.9. The molecule has 2 N–H and O–H groups in total. The Balaban J connectivity index is 1.76. The average Bonchev–Trinajstić information content (AvgIpc) is 3.14. The van der Waals surface area contributed by atoms with Crippen molar-refractivity contribution in [1.82, 2.24) is 20.7 Å². The second-order valence-electron chi connectivity index (χ2n) is 6.66. The van der Waals surface area contributed by atoms with Gasteiger partial charge in [0.2, 0.25) is 0 Å². The molecule has 0 aliphatic carbocycles. The molecule has 7 nitrogen and oxygen atoms in total. The fourth-order valence-corrected chi connectivity index (χ4v) is 3.14. The number of rotatable bonds is 10. The maximum atomic E-state index is 5.45. The van der Waals surface area contributed by atoms with Crippen LogP contribution in [0.5, 0.6) is 0 Å². The number of hydrogen-bond acceptors (Lipinski definition) is 5. The number of nitrogens with one attached hydrogen (secondary N) is 2. The molecule has 2 heterocycles. The highest BCUT2D eigenvalue weighted by Gasteiger charge is 2.13. The molecule has 0 amide bonds. The van der Waals surface area contributed by atoms with Gasteiger partial charge in [0, 0.05) is 38.2 Å². The van der Waals surface area contributed by atoms with E-state index in [-0.39, 0.29) is 0 Å². The molecule has 0 spiro atoms. The van der Waals surface area contributed by atoms with E-state index in [0.29, 0.717) is 12.5 Å². The summed E-state index contributed by atoms with van der Waals surface area (Å²) in [6.07, 6.45) is 3.25. The Morgan fingerprint density at radius 3 is 2.69 bits per heavy atom. The van der Waals surface area contributed by atoms with Crippen LogP contribution >= 0.6 is 0 Å². The number of ether oxygens (including phenoxy) is 1. The molecule has 1 saturated heterocycles. The van der Waals surface area contributed by atoms with Crippen molar-refractivity contribution in [3.05, 3.63) is 17.5 Å². The second-order valence-corrected chi connectivity index (χ2v) is 6.66. The highest BCUT2D eigenvalue weighted by molar-refractivity contribution is 5.79. The van der Waals surface area contributed by atoms with E-state index in [0.717, 1.165) is 82.6 Å². The van der Waals surface area contributed by atoms with Gasteiger partial charge in [-0.1, -0.05) is 19.0 Å². The Kier molecular flexibility index (Phi) is 9.48. The lowest BCUT2D eigenvalue weighted by atomic mass is 9.99. The lowest BCUT2D eigenvalue weighted by Gasteiger charge is -2.26. The van der Waals surface area contributed by atoms with Crippen LogP contribution in [0.3, 0.4) is 0 Å². The smallest absolute Gasteiger partial charge is 0.191 e. The van der Waals surface area contributed by atoms with E-state index in [1.807, 2.05) is 6.07 Å². The van der Waals surface area contributed by atoms with Crippen LogP contribution in [-0.2, 0) is 11.3 Å². The third kappa shape index (κ3) is 6.96. The van der Waals surface area contributed by atoms with Crippen LogP contribution in [0.15, 0.2) is 15.6 Å². The van der Waals surface area contributed by atoms with Crippen molar-refractivity contribution in [2.45, 2.75) is 52.5 Å². The molecule has 1 aromatic rings. The van der Waals surface area contributed by atoms with E-state index in [9.17, 15) is 0 Å². The maximum absolute atomic E-state index is 5.45. The van der Waals surface area contributed by atoms with E-state index in [4.69, 9.17) is 9.26 Å². The Labute approximate surface area is 157 Å². The third-order valence-corrected chi connectivity index (χ3v) is 4.77. The molecule has 1 aromatic heterocycles. The summed E-state index contributed by atoms with van der Waals surface area (Å²) in [5.41, 5.74) is 1.05. The monoisotopic (exact) mass is 365 g/mol. The van der Waals surface area contributed by atoms with Gasteiger partial charge in [0.1, 0.15) is 6.54 Å². The van der Waals surface area contributed by atoms with E-state index >= 15 is 0 Å². The lowest BCUT2D eigenvalue weighted by molar-refractivity contribution is 0.0376. The van der Waals surface area contributed by atoms with Crippen LogP contribution in [-0.4, -0.2) is 62.0 Å². The Morgan fingerprint density at radius 2 is 2.00 bits per heavy atom. The summed E-state index contributed by atoms with van der Waals surface area (Å²) >= 11 is 0. The number of aromatic nitrogens is 1. The molecule has 0 radical (unpaired) electrons. The van der Waals surface area contributed by atoms with Gasteiger partial charge in [-0.2, -0.15) is 0 Å². The maximum Gasteiger partial charge on any atom is 0.191 e. The van der Waals surface area contributed by atoms with Crippen LogP contribution in [0.25, 0.3) is 0 Å². The van der Waals surface area contributed by atoms with E-state index in [1.165, 1.54) is 0 Å². The van der Waals surface area contributed by atoms with Crippen molar-refractivity contribution in [1.29, 1.82) is 0 Å². The zero-order valence-corrected chi connectivity index (χ0v) is 16.6. The predicted octanol–water partition coefficient (Wildman–Crippen LogP) is 2.36. The molecule has 26 heavy (non-hydrogen) atoms. The number of nitrogens with zero attached hydrogens (tertiary/aromatic N) is 3. The molecule has 1 aliphatic heterocycles. The molecular weight excluding hydrogens is 330 g/mol.